The number of aryl methyl sites for hydroxylation is 1. The number of aromatic nitrogens is 2. The van der Waals surface area contributed by atoms with E-state index in [0.29, 0.717) is 11.3 Å². The summed E-state index contributed by atoms with van der Waals surface area (Å²) in [4.78, 5) is 8.65. The predicted molar refractivity (Wildman–Crippen MR) is 77.1 cm³/mol. The zero-order chi connectivity index (χ0) is 13.8. The highest BCUT2D eigenvalue weighted by Crippen LogP contribution is 2.27. The van der Waals surface area contributed by atoms with Crippen molar-refractivity contribution < 1.29 is 4.39 Å². The molecule has 96 valence electrons. The van der Waals surface area contributed by atoms with Gasteiger partial charge in [0.05, 0.1) is 11.4 Å². The highest BCUT2D eigenvalue weighted by molar-refractivity contribution is 5.71. The summed E-state index contributed by atoms with van der Waals surface area (Å²) in [5.74, 6) is -0.560. The Kier molecular flexibility index (Phi) is 3.85. The van der Waals surface area contributed by atoms with E-state index in [4.69, 9.17) is 0 Å². The lowest BCUT2D eigenvalue weighted by atomic mass is 10.0. The van der Waals surface area contributed by atoms with Gasteiger partial charge in [-0.05, 0) is 30.2 Å². The molecule has 0 aliphatic heterocycles. The maximum Gasteiger partial charge on any atom is 0.142 e. The van der Waals surface area contributed by atoms with Crippen molar-refractivity contribution in [2.75, 3.05) is 0 Å². The van der Waals surface area contributed by atoms with Crippen LogP contribution in [0.25, 0.3) is 23.3 Å². The summed E-state index contributed by atoms with van der Waals surface area (Å²) in [7, 11) is 0. The molecule has 0 aliphatic rings. The van der Waals surface area contributed by atoms with Gasteiger partial charge in [-0.2, -0.15) is 0 Å². The Hall–Kier alpha value is -2.29. The minimum absolute atomic E-state index is 0.229. The van der Waals surface area contributed by atoms with Gasteiger partial charge < -0.3 is 0 Å². The van der Waals surface area contributed by atoms with Crippen LogP contribution in [0.3, 0.4) is 0 Å². The van der Waals surface area contributed by atoms with E-state index < -0.39 is 5.83 Å². The van der Waals surface area contributed by atoms with Crippen molar-refractivity contribution in [2.24, 2.45) is 0 Å². The lowest BCUT2D eigenvalue weighted by Gasteiger charge is -2.11. The van der Waals surface area contributed by atoms with E-state index >= 15 is 0 Å². The fraction of sp³-hybridized carbons (Fsp3) is 0.125. The molecule has 0 bridgehead atoms. The lowest BCUT2D eigenvalue weighted by molar-refractivity contribution is 0.755. The molecule has 0 saturated heterocycles. The van der Waals surface area contributed by atoms with Gasteiger partial charge in [0.15, 0.2) is 0 Å². The SMILES string of the molecule is C=Cc1cc(CC)c(-c2ccccn2)nc1C(=C)F. The average molecular weight is 254 g/mol. The summed E-state index contributed by atoms with van der Waals surface area (Å²) in [6.07, 6.45) is 4.08. The second-order valence-electron chi connectivity index (χ2n) is 4.11. The third-order valence-corrected chi connectivity index (χ3v) is 2.90. The van der Waals surface area contributed by atoms with Gasteiger partial charge in [-0.3, -0.25) is 4.98 Å². The van der Waals surface area contributed by atoms with Crippen LogP contribution < -0.4 is 0 Å². The van der Waals surface area contributed by atoms with Gasteiger partial charge in [-0.1, -0.05) is 32.2 Å². The van der Waals surface area contributed by atoms with E-state index in [1.165, 1.54) is 0 Å². The Morgan fingerprint density at radius 3 is 2.74 bits per heavy atom. The van der Waals surface area contributed by atoms with E-state index in [1.807, 2.05) is 31.2 Å². The lowest BCUT2D eigenvalue weighted by Crippen LogP contribution is -2.00. The molecule has 0 saturated carbocycles. The fourth-order valence-corrected chi connectivity index (χ4v) is 1.94. The van der Waals surface area contributed by atoms with Crippen molar-refractivity contribution >= 4 is 11.9 Å². The molecule has 2 aromatic rings. The van der Waals surface area contributed by atoms with Gasteiger partial charge in [0.2, 0.25) is 0 Å². The van der Waals surface area contributed by atoms with Crippen LogP contribution in [0.5, 0.6) is 0 Å². The topological polar surface area (TPSA) is 25.8 Å². The first-order chi connectivity index (χ1) is 9.17. The van der Waals surface area contributed by atoms with Crippen LogP contribution in [0.2, 0.25) is 0 Å². The van der Waals surface area contributed by atoms with Crippen molar-refractivity contribution in [3.05, 3.63) is 60.4 Å². The molecule has 0 amide bonds. The molecule has 0 atom stereocenters. The minimum Gasteiger partial charge on any atom is -0.255 e. The van der Waals surface area contributed by atoms with Gasteiger partial charge in [-0.25, -0.2) is 9.37 Å². The van der Waals surface area contributed by atoms with Crippen LogP contribution in [0.15, 0.2) is 43.6 Å². The summed E-state index contributed by atoms with van der Waals surface area (Å²) in [6, 6.07) is 7.47. The minimum atomic E-state index is -0.560. The first-order valence-electron chi connectivity index (χ1n) is 6.10. The summed E-state index contributed by atoms with van der Waals surface area (Å²) >= 11 is 0. The van der Waals surface area contributed by atoms with Crippen molar-refractivity contribution in [1.29, 1.82) is 0 Å². The second-order valence-corrected chi connectivity index (χ2v) is 4.11. The Morgan fingerprint density at radius 2 is 2.21 bits per heavy atom. The largest absolute Gasteiger partial charge is 0.255 e. The first-order valence-corrected chi connectivity index (χ1v) is 6.10. The zero-order valence-corrected chi connectivity index (χ0v) is 10.9. The third-order valence-electron chi connectivity index (χ3n) is 2.90. The van der Waals surface area contributed by atoms with Crippen LogP contribution in [-0.4, -0.2) is 9.97 Å². The number of nitrogens with zero attached hydrogens (tertiary/aromatic N) is 2. The molecule has 2 heterocycles. The van der Waals surface area contributed by atoms with Crippen molar-refractivity contribution in [2.45, 2.75) is 13.3 Å². The van der Waals surface area contributed by atoms with Crippen LogP contribution in [0.1, 0.15) is 23.7 Å². The third kappa shape index (κ3) is 2.60. The first kappa shape index (κ1) is 13.1. The van der Waals surface area contributed by atoms with E-state index in [2.05, 4.69) is 23.1 Å². The standard InChI is InChI=1S/C16H15FN2/c1-4-12-10-13(5-2)16(19-15(12)11(3)17)14-8-6-7-9-18-14/h4,6-10H,1,3,5H2,2H3. The molecular weight excluding hydrogens is 239 g/mol. The molecule has 0 N–H and O–H groups in total. The maximum atomic E-state index is 13.5. The predicted octanol–water partition coefficient (Wildman–Crippen LogP) is 4.29. The number of hydrogen-bond donors (Lipinski definition) is 0. The average Bonchev–Trinajstić information content (AvgIpc) is 2.46. The van der Waals surface area contributed by atoms with Gasteiger partial charge in [0, 0.05) is 11.8 Å². The Labute approximate surface area is 112 Å². The summed E-state index contributed by atoms with van der Waals surface area (Å²) in [6.45, 7) is 9.04. The summed E-state index contributed by atoms with van der Waals surface area (Å²) in [5.41, 5.74) is 3.33. The van der Waals surface area contributed by atoms with Crippen molar-refractivity contribution in [3.63, 3.8) is 0 Å². The van der Waals surface area contributed by atoms with E-state index in [-0.39, 0.29) is 5.69 Å². The molecule has 0 unspecified atom stereocenters. The monoisotopic (exact) mass is 254 g/mol. The smallest absolute Gasteiger partial charge is 0.142 e. The molecule has 0 spiro atoms. The van der Waals surface area contributed by atoms with Gasteiger partial charge in [0.1, 0.15) is 11.5 Å². The Balaban J connectivity index is 2.69. The number of pyridine rings is 2. The van der Waals surface area contributed by atoms with Crippen LogP contribution in [0.4, 0.5) is 4.39 Å². The summed E-state index contributed by atoms with van der Waals surface area (Å²) < 4.78 is 13.5. The van der Waals surface area contributed by atoms with Gasteiger partial charge in [-0.15, -0.1) is 0 Å². The van der Waals surface area contributed by atoms with Gasteiger partial charge in [0.25, 0.3) is 0 Å². The molecule has 2 aromatic heterocycles. The van der Waals surface area contributed by atoms with Crippen LogP contribution in [-0.2, 0) is 6.42 Å². The molecule has 2 nitrogen and oxygen atoms in total. The molecule has 19 heavy (non-hydrogen) atoms. The van der Waals surface area contributed by atoms with E-state index in [1.54, 1.807) is 12.3 Å². The molecule has 3 heteroatoms. The molecule has 0 aliphatic carbocycles. The summed E-state index contributed by atoms with van der Waals surface area (Å²) in [5, 5.41) is 0. The fourth-order valence-electron chi connectivity index (χ4n) is 1.94. The van der Waals surface area contributed by atoms with Crippen molar-refractivity contribution in [3.8, 4) is 11.4 Å². The number of rotatable bonds is 4. The highest BCUT2D eigenvalue weighted by atomic mass is 19.1. The van der Waals surface area contributed by atoms with Crippen molar-refractivity contribution in [1.82, 2.24) is 9.97 Å². The maximum absolute atomic E-state index is 13.5. The quantitative estimate of drug-likeness (QED) is 0.813. The van der Waals surface area contributed by atoms with E-state index in [0.717, 1.165) is 17.7 Å². The van der Waals surface area contributed by atoms with Crippen LogP contribution >= 0.6 is 0 Å². The number of hydrogen-bond acceptors (Lipinski definition) is 2. The Bertz CT molecular complexity index is 618. The zero-order valence-electron chi connectivity index (χ0n) is 10.9. The normalized spacial score (nSPS) is 10.2. The van der Waals surface area contributed by atoms with Crippen LogP contribution in [0, 0.1) is 0 Å². The number of halogens is 1. The second kappa shape index (κ2) is 5.57. The Morgan fingerprint density at radius 1 is 1.42 bits per heavy atom. The molecular formula is C16H15FN2. The molecule has 0 radical (unpaired) electrons. The van der Waals surface area contributed by atoms with Gasteiger partial charge >= 0.3 is 0 Å². The molecule has 2 rings (SSSR count). The highest BCUT2D eigenvalue weighted by Gasteiger charge is 2.13. The molecule has 0 aromatic carbocycles. The van der Waals surface area contributed by atoms with E-state index in [9.17, 15) is 4.39 Å². The molecule has 0 fully saturated rings.